The Balaban J connectivity index is 1.55. The molecule has 1 saturated heterocycles. The van der Waals surface area contributed by atoms with Crippen molar-refractivity contribution in [3.05, 3.63) is 108 Å². The van der Waals surface area contributed by atoms with Crippen molar-refractivity contribution in [1.82, 2.24) is 9.80 Å². The fourth-order valence-corrected chi connectivity index (χ4v) is 4.37. The maximum absolute atomic E-state index is 14.7. The lowest BCUT2D eigenvalue weighted by atomic mass is 9.95. The van der Waals surface area contributed by atoms with Crippen LogP contribution in [0.4, 0.5) is 4.39 Å². The molecule has 0 unspecified atom stereocenters. The number of nitrogens with zero attached hydrogens (tertiary/aromatic N) is 2. The summed E-state index contributed by atoms with van der Waals surface area (Å²) in [7, 11) is 0. The second-order valence-corrected chi connectivity index (χ2v) is 8.13. The number of hydrogen-bond donors (Lipinski definition) is 0. The highest BCUT2D eigenvalue weighted by atomic mass is 19.1. The first kappa shape index (κ1) is 19.8. The Morgan fingerprint density at radius 2 is 1.21 bits per heavy atom. The van der Waals surface area contributed by atoms with Gasteiger partial charge in [-0.25, -0.2) is 4.39 Å². The van der Waals surface area contributed by atoms with Crippen LogP contribution in [0.1, 0.15) is 23.1 Å². The largest absolute Gasteiger partial charge is 0.297 e. The van der Waals surface area contributed by atoms with Gasteiger partial charge in [-0.2, -0.15) is 0 Å². The van der Waals surface area contributed by atoms with Crippen molar-refractivity contribution in [3.63, 3.8) is 0 Å². The van der Waals surface area contributed by atoms with Crippen LogP contribution in [-0.4, -0.2) is 35.1 Å². The normalized spacial score (nSPS) is 19.7. The highest BCUT2D eigenvalue weighted by molar-refractivity contribution is 5.20. The van der Waals surface area contributed by atoms with Crippen molar-refractivity contribution in [2.24, 2.45) is 0 Å². The maximum Gasteiger partial charge on any atom is 0.109 e. The molecule has 1 atom stereocenters. The van der Waals surface area contributed by atoms with E-state index in [0.717, 1.165) is 39.1 Å². The van der Waals surface area contributed by atoms with E-state index in [1.165, 1.54) is 16.7 Å². The van der Waals surface area contributed by atoms with Crippen LogP contribution in [0.5, 0.6) is 0 Å². The Bertz CT molecular complexity index is 827. The number of likely N-dealkylation sites (tertiary alicyclic amines) is 1. The molecule has 4 rings (SSSR count). The SMILES string of the molecule is FC[C@]1(N(Cc2ccccc2)Cc2ccccc2)CCN(Cc2ccccc2)C1. The van der Waals surface area contributed by atoms with E-state index in [1.54, 1.807) is 0 Å². The Kier molecular flexibility index (Phi) is 6.38. The molecule has 0 N–H and O–H groups in total. The molecule has 1 heterocycles. The molecule has 1 fully saturated rings. The van der Waals surface area contributed by atoms with Gasteiger partial charge in [0.1, 0.15) is 6.67 Å². The van der Waals surface area contributed by atoms with E-state index < -0.39 is 5.54 Å². The predicted octanol–water partition coefficient (Wildman–Crippen LogP) is 5.30. The van der Waals surface area contributed by atoms with E-state index in [9.17, 15) is 4.39 Å². The first-order valence-electron chi connectivity index (χ1n) is 10.4. The van der Waals surface area contributed by atoms with E-state index >= 15 is 0 Å². The van der Waals surface area contributed by atoms with E-state index in [0.29, 0.717) is 0 Å². The fourth-order valence-electron chi connectivity index (χ4n) is 4.37. The molecule has 0 amide bonds. The van der Waals surface area contributed by atoms with Crippen LogP contribution in [0.2, 0.25) is 0 Å². The van der Waals surface area contributed by atoms with Crippen LogP contribution in [0.25, 0.3) is 0 Å². The van der Waals surface area contributed by atoms with Crippen molar-refractivity contribution < 1.29 is 4.39 Å². The lowest BCUT2D eigenvalue weighted by Crippen LogP contribution is -2.51. The van der Waals surface area contributed by atoms with Gasteiger partial charge in [-0.1, -0.05) is 91.0 Å². The summed E-state index contributed by atoms with van der Waals surface area (Å²) in [6.45, 7) is 3.78. The molecule has 3 heteroatoms. The molecular formula is C26H29FN2. The molecule has 0 radical (unpaired) electrons. The number of rotatable bonds is 8. The minimum absolute atomic E-state index is 0.321. The maximum atomic E-state index is 14.7. The molecule has 3 aromatic carbocycles. The van der Waals surface area contributed by atoms with Crippen molar-refractivity contribution >= 4 is 0 Å². The molecule has 1 aliphatic heterocycles. The van der Waals surface area contributed by atoms with Crippen molar-refractivity contribution in [2.75, 3.05) is 19.8 Å². The number of alkyl halides is 1. The average molecular weight is 389 g/mol. The third-order valence-corrected chi connectivity index (χ3v) is 6.01. The molecule has 0 bridgehead atoms. The molecule has 0 aromatic heterocycles. The fraction of sp³-hybridized carbons (Fsp3) is 0.308. The molecule has 150 valence electrons. The van der Waals surface area contributed by atoms with E-state index in [-0.39, 0.29) is 6.67 Å². The molecule has 1 aliphatic rings. The molecule has 2 nitrogen and oxygen atoms in total. The van der Waals surface area contributed by atoms with Crippen molar-refractivity contribution in [1.29, 1.82) is 0 Å². The Morgan fingerprint density at radius 3 is 1.69 bits per heavy atom. The lowest BCUT2D eigenvalue weighted by molar-refractivity contribution is 0.0510. The first-order valence-corrected chi connectivity index (χ1v) is 10.4. The van der Waals surface area contributed by atoms with Gasteiger partial charge in [-0.05, 0) is 23.1 Å². The van der Waals surface area contributed by atoms with E-state index in [4.69, 9.17) is 0 Å². The van der Waals surface area contributed by atoms with Crippen LogP contribution in [0, 0.1) is 0 Å². The van der Waals surface area contributed by atoms with Crippen LogP contribution >= 0.6 is 0 Å². The van der Waals surface area contributed by atoms with Gasteiger partial charge in [0, 0.05) is 32.7 Å². The monoisotopic (exact) mass is 388 g/mol. The van der Waals surface area contributed by atoms with Gasteiger partial charge in [-0.3, -0.25) is 9.80 Å². The third kappa shape index (κ3) is 4.92. The molecule has 3 aromatic rings. The van der Waals surface area contributed by atoms with Gasteiger partial charge in [0.05, 0.1) is 5.54 Å². The van der Waals surface area contributed by atoms with Crippen LogP contribution in [0.3, 0.4) is 0 Å². The summed E-state index contributed by atoms with van der Waals surface area (Å²) in [5, 5.41) is 0. The standard InChI is InChI=1S/C26H29FN2/c27-21-26(16-17-28(22-26)18-23-10-4-1-5-11-23)29(19-24-12-6-2-7-13-24)20-25-14-8-3-9-15-25/h1-15H,16-22H2/t26-/m1/s1. The molecular weight excluding hydrogens is 359 g/mol. The Labute approximate surface area is 173 Å². The van der Waals surface area contributed by atoms with Crippen molar-refractivity contribution in [3.8, 4) is 0 Å². The zero-order valence-electron chi connectivity index (χ0n) is 16.9. The average Bonchev–Trinajstić information content (AvgIpc) is 3.20. The summed E-state index contributed by atoms with van der Waals surface area (Å²) < 4.78 is 14.7. The molecule has 0 saturated carbocycles. The number of halogens is 1. The topological polar surface area (TPSA) is 6.48 Å². The van der Waals surface area contributed by atoms with Crippen LogP contribution in [-0.2, 0) is 19.6 Å². The molecule has 0 spiro atoms. The summed E-state index contributed by atoms with van der Waals surface area (Å²) in [6.07, 6.45) is 0.857. The van der Waals surface area contributed by atoms with E-state index in [1.807, 2.05) is 18.2 Å². The Morgan fingerprint density at radius 1 is 0.724 bits per heavy atom. The van der Waals surface area contributed by atoms with Crippen LogP contribution < -0.4 is 0 Å². The zero-order chi connectivity index (χ0) is 19.9. The number of benzene rings is 3. The predicted molar refractivity (Wildman–Crippen MR) is 117 cm³/mol. The number of hydrogen-bond acceptors (Lipinski definition) is 2. The minimum Gasteiger partial charge on any atom is -0.297 e. The zero-order valence-corrected chi connectivity index (χ0v) is 16.9. The third-order valence-electron chi connectivity index (χ3n) is 6.01. The van der Waals surface area contributed by atoms with Gasteiger partial charge in [0.15, 0.2) is 0 Å². The van der Waals surface area contributed by atoms with Gasteiger partial charge in [0.2, 0.25) is 0 Å². The Hall–Kier alpha value is -2.49. The first-order chi connectivity index (χ1) is 14.3. The van der Waals surface area contributed by atoms with Gasteiger partial charge in [0.25, 0.3) is 0 Å². The second kappa shape index (κ2) is 9.34. The molecule has 29 heavy (non-hydrogen) atoms. The van der Waals surface area contributed by atoms with Gasteiger partial charge < -0.3 is 0 Å². The van der Waals surface area contributed by atoms with E-state index in [2.05, 4.69) is 82.6 Å². The van der Waals surface area contributed by atoms with Gasteiger partial charge in [-0.15, -0.1) is 0 Å². The molecule has 0 aliphatic carbocycles. The summed E-state index contributed by atoms with van der Waals surface area (Å²) >= 11 is 0. The summed E-state index contributed by atoms with van der Waals surface area (Å²) in [6, 6.07) is 31.4. The minimum atomic E-state index is -0.444. The van der Waals surface area contributed by atoms with Crippen LogP contribution in [0.15, 0.2) is 91.0 Å². The summed E-state index contributed by atoms with van der Waals surface area (Å²) in [5.41, 5.74) is 3.32. The second-order valence-electron chi connectivity index (χ2n) is 8.13. The summed E-state index contributed by atoms with van der Waals surface area (Å²) in [4.78, 5) is 4.76. The quantitative estimate of drug-likeness (QED) is 0.516. The smallest absolute Gasteiger partial charge is 0.109 e. The van der Waals surface area contributed by atoms with Crippen molar-refractivity contribution in [2.45, 2.75) is 31.6 Å². The highest BCUT2D eigenvalue weighted by Gasteiger charge is 2.43. The summed E-state index contributed by atoms with van der Waals surface area (Å²) in [5.74, 6) is 0. The lowest BCUT2D eigenvalue weighted by Gasteiger charge is -2.40. The van der Waals surface area contributed by atoms with Gasteiger partial charge >= 0.3 is 0 Å². The highest BCUT2D eigenvalue weighted by Crippen LogP contribution is 2.32.